The van der Waals surface area contributed by atoms with Crippen LogP contribution >= 0.6 is 12.4 Å². The second-order valence-electron chi connectivity index (χ2n) is 6.12. The third-order valence-corrected chi connectivity index (χ3v) is 4.30. The number of aryl methyl sites for hydroxylation is 1. The summed E-state index contributed by atoms with van der Waals surface area (Å²) in [6.07, 6.45) is 1.81. The SMILES string of the molecule is COc1ccc(OC)c(CCC(=O)N(CCCN)Cc2ccccc2)c1.Cl. The van der Waals surface area contributed by atoms with Crippen molar-refractivity contribution in [2.45, 2.75) is 25.8 Å². The molecule has 27 heavy (non-hydrogen) atoms. The summed E-state index contributed by atoms with van der Waals surface area (Å²) in [6.45, 7) is 1.84. The van der Waals surface area contributed by atoms with E-state index in [1.165, 1.54) is 0 Å². The fourth-order valence-electron chi connectivity index (χ4n) is 2.85. The summed E-state index contributed by atoms with van der Waals surface area (Å²) in [7, 11) is 3.27. The van der Waals surface area contributed by atoms with Gasteiger partial charge in [0, 0.05) is 19.5 Å². The number of benzene rings is 2. The monoisotopic (exact) mass is 392 g/mol. The van der Waals surface area contributed by atoms with Gasteiger partial charge in [0.2, 0.25) is 5.91 Å². The number of methoxy groups -OCH3 is 2. The highest BCUT2D eigenvalue weighted by Crippen LogP contribution is 2.25. The molecule has 6 heteroatoms. The van der Waals surface area contributed by atoms with Crippen LogP contribution in [0, 0.1) is 0 Å². The first-order chi connectivity index (χ1) is 12.7. The van der Waals surface area contributed by atoms with Crippen LogP contribution < -0.4 is 15.2 Å². The maximum absolute atomic E-state index is 12.8. The molecule has 0 bridgehead atoms. The summed E-state index contributed by atoms with van der Waals surface area (Å²) >= 11 is 0. The van der Waals surface area contributed by atoms with E-state index < -0.39 is 0 Å². The number of hydrogen-bond acceptors (Lipinski definition) is 4. The summed E-state index contributed by atoms with van der Waals surface area (Å²) in [5.74, 6) is 1.65. The molecule has 2 aromatic carbocycles. The molecular weight excluding hydrogens is 364 g/mol. The summed E-state index contributed by atoms with van der Waals surface area (Å²) in [6, 6.07) is 15.7. The fraction of sp³-hybridized carbons (Fsp3) is 0.381. The first-order valence-corrected chi connectivity index (χ1v) is 8.90. The average molecular weight is 393 g/mol. The van der Waals surface area contributed by atoms with Gasteiger partial charge in [-0.25, -0.2) is 0 Å². The van der Waals surface area contributed by atoms with E-state index in [0.717, 1.165) is 29.0 Å². The number of nitrogens with zero attached hydrogens (tertiary/aromatic N) is 1. The number of hydrogen-bond donors (Lipinski definition) is 1. The maximum Gasteiger partial charge on any atom is 0.223 e. The predicted molar refractivity (Wildman–Crippen MR) is 111 cm³/mol. The van der Waals surface area contributed by atoms with E-state index in [0.29, 0.717) is 32.5 Å². The van der Waals surface area contributed by atoms with Crippen molar-refractivity contribution >= 4 is 18.3 Å². The molecule has 0 aliphatic rings. The first kappa shape index (κ1) is 22.8. The van der Waals surface area contributed by atoms with Crippen molar-refractivity contribution < 1.29 is 14.3 Å². The van der Waals surface area contributed by atoms with E-state index in [9.17, 15) is 4.79 Å². The minimum absolute atomic E-state index is 0. The van der Waals surface area contributed by atoms with E-state index in [4.69, 9.17) is 15.2 Å². The molecule has 0 heterocycles. The summed E-state index contributed by atoms with van der Waals surface area (Å²) in [5, 5.41) is 0. The highest BCUT2D eigenvalue weighted by Gasteiger charge is 2.15. The van der Waals surface area contributed by atoms with E-state index >= 15 is 0 Å². The average Bonchev–Trinajstić information content (AvgIpc) is 2.69. The van der Waals surface area contributed by atoms with Gasteiger partial charge in [0.05, 0.1) is 14.2 Å². The lowest BCUT2D eigenvalue weighted by Gasteiger charge is -2.23. The van der Waals surface area contributed by atoms with Crippen LogP contribution in [-0.4, -0.2) is 38.1 Å². The van der Waals surface area contributed by atoms with Gasteiger partial charge in [-0.1, -0.05) is 30.3 Å². The van der Waals surface area contributed by atoms with Crippen LogP contribution in [0.3, 0.4) is 0 Å². The van der Waals surface area contributed by atoms with E-state index in [2.05, 4.69) is 0 Å². The van der Waals surface area contributed by atoms with Gasteiger partial charge in [-0.3, -0.25) is 4.79 Å². The number of ether oxygens (including phenoxy) is 2. The standard InChI is InChI=1S/C21H28N2O3.ClH/c1-25-19-10-11-20(26-2)18(15-19)9-12-21(24)23(14-6-13-22)16-17-7-4-3-5-8-17;/h3-5,7-8,10-11,15H,6,9,12-14,16,22H2,1-2H3;1H. The first-order valence-electron chi connectivity index (χ1n) is 8.90. The van der Waals surface area contributed by atoms with Crippen LogP contribution in [0.5, 0.6) is 11.5 Å². The van der Waals surface area contributed by atoms with Crippen molar-refractivity contribution in [3.63, 3.8) is 0 Å². The van der Waals surface area contributed by atoms with E-state index in [1.54, 1.807) is 14.2 Å². The molecule has 2 aromatic rings. The van der Waals surface area contributed by atoms with Gasteiger partial charge in [0.25, 0.3) is 0 Å². The van der Waals surface area contributed by atoms with Gasteiger partial charge in [-0.15, -0.1) is 12.4 Å². The molecule has 0 fully saturated rings. The van der Waals surface area contributed by atoms with Crippen LogP contribution in [-0.2, 0) is 17.8 Å². The van der Waals surface area contributed by atoms with Crippen molar-refractivity contribution in [3.8, 4) is 11.5 Å². The van der Waals surface area contributed by atoms with Crippen LogP contribution in [0.1, 0.15) is 24.0 Å². The molecule has 0 spiro atoms. The Kier molecular flexibility index (Phi) is 10.3. The zero-order valence-corrected chi connectivity index (χ0v) is 16.8. The molecule has 0 saturated heterocycles. The van der Waals surface area contributed by atoms with Gasteiger partial charge in [-0.2, -0.15) is 0 Å². The highest BCUT2D eigenvalue weighted by molar-refractivity contribution is 5.85. The summed E-state index contributed by atoms with van der Waals surface area (Å²) in [4.78, 5) is 14.7. The topological polar surface area (TPSA) is 64.8 Å². The van der Waals surface area contributed by atoms with Gasteiger partial charge in [0.15, 0.2) is 0 Å². The van der Waals surface area contributed by atoms with E-state index in [-0.39, 0.29) is 18.3 Å². The molecule has 2 rings (SSSR count). The number of rotatable bonds is 10. The predicted octanol–water partition coefficient (Wildman–Crippen LogP) is 3.44. The van der Waals surface area contributed by atoms with Crippen LogP contribution in [0.25, 0.3) is 0 Å². The molecule has 0 aliphatic heterocycles. The van der Waals surface area contributed by atoms with Crippen molar-refractivity contribution in [2.75, 3.05) is 27.3 Å². The summed E-state index contributed by atoms with van der Waals surface area (Å²) < 4.78 is 10.7. The molecule has 2 N–H and O–H groups in total. The van der Waals surface area contributed by atoms with Crippen LogP contribution in [0.15, 0.2) is 48.5 Å². The smallest absolute Gasteiger partial charge is 0.223 e. The molecule has 5 nitrogen and oxygen atoms in total. The van der Waals surface area contributed by atoms with Crippen molar-refractivity contribution in [3.05, 3.63) is 59.7 Å². The van der Waals surface area contributed by atoms with Crippen molar-refractivity contribution in [1.29, 1.82) is 0 Å². The fourth-order valence-corrected chi connectivity index (χ4v) is 2.85. The van der Waals surface area contributed by atoms with E-state index in [1.807, 2.05) is 53.4 Å². The van der Waals surface area contributed by atoms with Gasteiger partial charge in [0.1, 0.15) is 11.5 Å². The Morgan fingerprint density at radius 1 is 1.07 bits per heavy atom. The van der Waals surface area contributed by atoms with Crippen molar-refractivity contribution in [2.24, 2.45) is 5.73 Å². The second-order valence-corrected chi connectivity index (χ2v) is 6.12. The lowest BCUT2D eigenvalue weighted by atomic mass is 10.1. The number of carbonyl (C=O) groups is 1. The third-order valence-electron chi connectivity index (χ3n) is 4.30. The number of halogens is 1. The Morgan fingerprint density at radius 2 is 1.81 bits per heavy atom. The summed E-state index contributed by atoms with van der Waals surface area (Å²) in [5.41, 5.74) is 7.73. The largest absolute Gasteiger partial charge is 0.497 e. The normalized spacial score (nSPS) is 10.0. The quantitative estimate of drug-likeness (QED) is 0.672. The van der Waals surface area contributed by atoms with Crippen LogP contribution in [0.2, 0.25) is 0 Å². The number of nitrogens with two attached hydrogens (primary N) is 1. The Bertz CT molecular complexity index is 695. The number of carbonyl (C=O) groups excluding carboxylic acids is 1. The minimum atomic E-state index is 0. The zero-order valence-electron chi connectivity index (χ0n) is 16.0. The highest BCUT2D eigenvalue weighted by atomic mass is 35.5. The Hall–Kier alpha value is -2.24. The van der Waals surface area contributed by atoms with Gasteiger partial charge < -0.3 is 20.1 Å². The van der Waals surface area contributed by atoms with Crippen LogP contribution in [0.4, 0.5) is 0 Å². The molecule has 0 atom stereocenters. The molecule has 0 saturated carbocycles. The zero-order chi connectivity index (χ0) is 18.8. The van der Waals surface area contributed by atoms with Gasteiger partial charge in [-0.05, 0) is 48.7 Å². The molecule has 1 amide bonds. The Balaban J connectivity index is 0.00000364. The maximum atomic E-state index is 12.8. The molecule has 0 radical (unpaired) electrons. The Morgan fingerprint density at radius 3 is 2.44 bits per heavy atom. The Labute approximate surface area is 167 Å². The van der Waals surface area contributed by atoms with Crippen molar-refractivity contribution in [1.82, 2.24) is 4.90 Å². The lowest BCUT2D eigenvalue weighted by Crippen LogP contribution is -2.32. The minimum Gasteiger partial charge on any atom is -0.497 e. The van der Waals surface area contributed by atoms with Gasteiger partial charge >= 0.3 is 0 Å². The lowest BCUT2D eigenvalue weighted by molar-refractivity contribution is -0.131. The molecule has 148 valence electrons. The molecule has 0 aromatic heterocycles. The second kappa shape index (κ2) is 12.2. The molecule has 0 aliphatic carbocycles. The number of amides is 1. The molecular formula is C21H29ClN2O3. The third kappa shape index (κ3) is 7.12. The molecule has 0 unspecified atom stereocenters.